The summed E-state index contributed by atoms with van der Waals surface area (Å²) in [6.45, 7) is 0. The molecule has 2 rings (SSSR count). The van der Waals surface area contributed by atoms with Crippen molar-refractivity contribution >= 4 is 29.1 Å². The van der Waals surface area contributed by atoms with Crippen LogP contribution in [0.5, 0.6) is 0 Å². The number of amides is 2. The predicted octanol–water partition coefficient (Wildman–Crippen LogP) is 0.461. The number of furan rings is 1. The number of carboxylic acids is 1. The number of primary amides is 1. The Hall–Kier alpha value is -2.68. The quantitative estimate of drug-likeness (QED) is 0.709. The van der Waals surface area contributed by atoms with Crippen LogP contribution in [0.25, 0.3) is 10.8 Å². The number of carbonyl (C=O) groups excluding carboxylic acids is 2. The Morgan fingerprint density at radius 1 is 1.48 bits per heavy atom. The van der Waals surface area contributed by atoms with Crippen LogP contribution in [0.1, 0.15) is 16.9 Å². The number of rotatable bonds is 6. The molecule has 0 aromatic carbocycles. The number of nitrogens with one attached hydrogen (secondary N) is 1. The van der Waals surface area contributed by atoms with Gasteiger partial charge in [-0.25, -0.2) is 9.78 Å². The molecule has 1 unspecified atom stereocenters. The largest absolute Gasteiger partial charge is 0.480 e. The number of hydrogen-bond acceptors (Lipinski definition) is 6. The average molecular weight is 309 g/mol. The van der Waals surface area contributed by atoms with Gasteiger partial charge in [-0.3, -0.25) is 9.59 Å². The second kappa shape index (κ2) is 6.18. The summed E-state index contributed by atoms with van der Waals surface area (Å²) >= 11 is 1.18. The van der Waals surface area contributed by atoms with Gasteiger partial charge in [0.15, 0.2) is 10.8 Å². The van der Waals surface area contributed by atoms with Crippen LogP contribution in [0, 0.1) is 0 Å². The Morgan fingerprint density at radius 2 is 2.24 bits per heavy atom. The summed E-state index contributed by atoms with van der Waals surface area (Å²) in [5.41, 5.74) is 4.98. The lowest BCUT2D eigenvalue weighted by atomic mass is 10.2. The van der Waals surface area contributed by atoms with Gasteiger partial charge in [0.25, 0.3) is 5.91 Å². The summed E-state index contributed by atoms with van der Waals surface area (Å²) in [6, 6.07) is 1.99. The number of carboxylic acid groups (broad SMARTS) is 1. The molecule has 2 heterocycles. The van der Waals surface area contributed by atoms with Crippen molar-refractivity contribution < 1.29 is 23.9 Å². The highest BCUT2D eigenvalue weighted by molar-refractivity contribution is 7.13. The second-order valence-corrected chi connectivity index (χ2v) is 4.91. The van der Waals surface area contributed by atoms with Crippen LogP contribution in [0.3, 0.4) is 0 Å². The summed E-state index contributed by atoms with van der Waals surface area (Å²) in [6.07, 6.45) is 0.986. The summed E-state index contributed by atoms with van der Waals surface area (Å²) in [5.74, 6) is -2.36. The number of thiazole rings is 1. The van der Waals surface area contributed by atoms with E-state index in [1.54, 1.807) is 12.1 Å². The zero-order valence-corrected chi connectivity index (χ0v) is 11.4. The van der Waals surface area contributed by atoms with E-state index in [1.165, 1.54) is 23.0 Å². The third-order valence-electron chi connectivity index (χ3n) is 2.48. The molecule has 0 fully saturated rings. The van der Waals surface area contributed by atoms with E-state index in [-0.39, 0.29) is 5.69 Å². The van der Waals surface area contributed by atoms with Crippen LogP contribution >= 0.6 is 11.3 Å². The van der Waals surface area contributed by atoms with Gasteiger partial charge in [0.05, 0.1) is 12.7 Å². The molecule has 1 atom stereocenters. The molecular weight excluding hydrogens is 298 g/mol. The highest BCUT2D eigenvalue weighted by Gasteiger charge is 2.24. The van der Waals surface area contributed by atoms with E-state index >= 15 is 0 Å². The minimum atomic E-state index is -1.39. The molecule has 8 nitrogen and oxygen atoms in total. The van der Waals surface area contributed by atoms with Crippen LogP contribution < -0.4 is 11.1 Å². The Bertz CT molecular complexity index is 664. The predicted molar refractivity (Wildman–Crippen MR) is 72.5 cm³/mol. The number of nitrogens with zero attached hydrogens (tertiary/aromatic N) is 1. The van der Waals surface area contributed by atoms with Crippen LogP contribution in [-0.2, 0) is 9.59 Å². The van der Waals surface area contributed by atoms with Gasteiger partial charge in [-0.05, 0) is 12.1 Å². The highest BCUT2D eigenvalue weighted by Crippen LogP contribution is 2.23. The molecule has 0 saturated carbocycles. The summed E-state index contributed by atoms with van der Waals surface area (Å²) in [7, 11) is 0. The summed E-state index contributed by atoms with van der Waals surface area (Å²) in [5, 5.41) is 13.1. The maximum atomic E-state index is 11.9. The highest BCUT2D eigenvalue weighted by atomic mass is 32.1. The van der Waals surface area contributed by atoms with Crippen molar-refractivity contribution in [2.24, 2.45) is 5.73 Å². The van der Waals surface area contributed by atoms with Gasteiger partial charge in [-0.2, -0.15) is 0 Å². The van der Waals surface area contributed by atoms with Gasteiger partial charge >= 0.3 is 5.97 Å². The van der Waals surface area contributed by atoms with E-state index in [9.17, 15) is 14.4 Å². The van der Waals surface area contributed by atoms with Gasteiger partial charge in [0, 0.05) is 5.38 Å². The van der Waals surface area contributed by atoms with Gasteiger partial charge in [-0.1, -0.05) is 0 Å². The second-order valence-electron chi connectivity index (χ2n) is 4.05. The number of carbonyl (C=O) groups is 3. The molecule has 2 amide bonds. The van der Waals surface area contributed by atoms with Crippen LogP contribution in [-0.4, -0.2) is 33.9 Å². The molecule has 0 aliphatic carbocycles. The number of aliphatic carboxylic acids is 1. The standard InChI is InChI=1S/C12H11N3O5S/c13-9(16)4-6(12(18)19)14-10(17)7-5-21-11(15-7)8-2-1-3-20-8/h1-3,5-6H,4H2,(H2,13,16)(H,14,17)(H,18,19). The Kier molecular flexibility index (Phi) is 4.33. The molecule has 2 aromatic rings. The fourth-order valence-electron chi connectivity index (χ4n) is 1.52. The maximum absolute atomic E-state index is 11.9. The third kappa shape index (κ3) is 3.66. The SMILES string of the molecule is NC(=O)CC(NC(=O)c1csc(-c2ccco2)n1)C(=O)O. The van der Waals surface area contributed by atoms with E-state index in [1.807, 2.05) is 0 Å². The van der Waals surface area contributed by atoms with E-state index in [2.05, 4.69) is 10.3 Å². The first-order valence-corrected chi connectivity index (χ1v) is 6.66. The van der Waals surface area contributed by atoms with E-state index < -0.39 is 30.2 Å². The van der Waals surface area contributed by atoms with E-state index in [0.29, 0.717) is 10.8 Å². The van der Waals surface area contributed by atoms with Crippen LogP contribution in [0.4, 0.5) is 0 Å². The summed E-state index contributed by atoms with van der Waals surface area (Å²) < 4.78 is 5.15. The average Bonchev–Trinajstić information content (AvgIpc) is 3.08. The third-order valence-corrected chi connectivity index (χ3v) is 3.33. The molecule has 4 N–H and O–H groups in total. The molecule has 0 bridgehead atoms. The monoisotopic (exact) mass is 309 g/mol. The molecule has 0 aliphatic rings. The molecule has 0 aliphatic heterocycles. The van der Waals surface area contributed by atoms with Crippen molar-refractivity contribution in [1.29, 1.82) is 0 Å². The lowest BCUT2D eigenvalue weighted by Gasteiger charge is -2.11. The minimum absolute atomic E-state index is 0.0436. The number of nitrogens with two attached hydrogens (primary N) is 1. The van der Waals surface area contributed by atoms with Crippen molar-refractivity contribution in [3.05, 3.63) is 29.5 Å². The normalized spacial score (nSPS) is 11.8. The molecule has 110 valence electrons. The Labute approximate surface area is 122 Å². The van der Waals surface area contributed by atoms with Crippen molar-refractivity contribution in [2.45, 2.75) is 12.5 Å². The fourth-order valence-corrected chi connectivity index (χ4v) is 2.29. The van der Waals surface area contributed by atoms with Gasteiger partial charge in [0.2, 0.25) is 5.91 Å². The molecule has 2 aromatic heterocycles. The van der Waals surface area contributed by atoms with Gasteiger partial charge < -0.3 is 20.6 Å². The van der Waals surface area contributed by atoms with Crippen molar-refractivity contribution in [3.8, 4) is 10.8 Å². The Morgan fingerprint density at radius 3 is 2.81 bits per heavy atom. The lowest BCUT2D eigenvalue weighted by molar-refractivity contribution is -0.140. The maximum Gasteiger partial charge on any atom is 0.326 e. The molecule has 0 spiro atoms. The van der Waals surface area contributed by atoms with E-state index in [0.717, 1.165) is 0 Å². The minimum Gasteiger partial charge on any atom is -0.480 e. The number of aromatic nitrogens is 1. The van der Waals surface area contributed by atoms with Gasteiger partial charge in [0.1, 0.15) is 11.7 Å². The zero-order chi connectivity index (χ0) is 15.4. The fraction of sp³-hybridized carbons (Fsp3) is 0.167. The van der Waals surface area contributed by atoms with Crippen molar-refractivity contribution in [1.82, 2.24) is 10.3 Å². The van der Waals surface area contributed by atoms with Gasteiger partial charge in [-0.15, -0.1) is 11.3 Å². The lowest BCUT2D eigenvalue weighted by Crippen LogP contribution is -2.43. The molecule has 9 heteroatoms. The van der Waals surface area contributed by atoms with E-state index in [4.69, 9.17) is 15.3 Å². The Balaban J connectivity index is 2.09. The van der Waals surface area contributed by atoms with Crippen LogP contribution in [0.15, 0.2) is 28.2 Å². The first-order valence-electron chi connectivity index (χ1n) is 5.78. The smallest absolute Gasteiger partial charge is 0.326 e. The summed E-state index contributed by atoms with van der Waals surface area (Å²) in [4.78, 5) is 37.7. The molecule has 0 radical (unpaired) electrons. The molecule has 0 saturated heterocycles. The first kappa shape index (κ1) is 14.7. The molecule has 21 heavy (non-hydrogen) atoms. The topological polar surface area (TPSA) is 136 Å². The zero-order valence-electron chi connectivity index (χ0n) is 10.6. The molecular formula is C12H11N3O5S. The number of hydrogen-bond donors (Lipinski definition) is 3. The van der Waals surface area contributed by atoms with Crippen molar-refractivity contribution in [3.63, 3.8) is 0 Å². The van der Waals surface area contributed by atoms with Crippen LogP contribution in [0.2, 0.25) is 0 Å². The van der Waals surface area contributed by atoms with Crippen molar-refractivity contribution in [2.75, 3.05) is 0 Å². The first-order chi connectivity index (χ1) is 9.97.